The molecule has 0 aromatic heterocycles. The summed E-state index contributed by atoms with van der Waals surface area (Å²) in [6.45, 7) is 3.05. The maximum Gasteiger partial charge on any atom is 0.240 e. The molecule has 1 aliphatic heterocycles. The molecule has 2 fully saturated rings. The summed E-state index contributed by atoms with van der Waals surface area (Å²) in [7, 11) is 0. The molecule has 3 atom stereocenters. The molecule has 1 unspecified atom stereocenters. The lowest BCUT2D eigenvalue weighted by Gasteiger charge is -2.34. The molecule has 1 saturated carbocycles. The van der Waals surface area contributed by atoms with Crippen LogP contribution in [0.1, 0.15) is 58.3 Å². The molecular formula is C14H26N2O2. The van der Waals surface area contributed by atoms with Crippen LogP contribution in [0.3, 0.4) is 0 Å². The Hall–Kier alpha value is -0.610. The zero-order chi connectivity index (χ0) is 13.0. The Balaban J connectivity index is 1.96. The van der Waals surface area contributed by atoms with Gasteiger partial charge in [-0.05, 0) is 38.6 Å². The molecule has 4 nitrogen and oxygen atoms in total. The third-order valence-corrected chi connectivity index (χ3v) is 4.40. The summed E-state index contributed by atoms with van der Waals surface area (Å²) in [5.41, 5.74) is -0.369. The number of carbonyl (C=O) groups is 1. The highest BCUT2D eigenvalue weighted by atomic mass is 16.3. The van der Waals surface area contributed by atoms with Gasteiger partial charge in [0.05, 0.1) is 17.7 Å². The molecule has 2 aliphatic rings. The first kappa shape index (κ1) is 13.8. The molecule has 1 heterocycles. The minimum atomic E-state index is -0.369. The van der Waals surface area contributed by atoms with E-state index in [-0.39, 0.29) is 23.6 Å². The maximum atomic E-state index is 12.5. The summed E-state index contributed by atoms with van der Waals surface area (Å²) in [4.78, 5) is 12.5. The Morgan fingerprint density at radius 1 is 1.39 bits per heavy atom. The molecule has 0 spiro atoms. The van der Waals surface area contributed by atoms with Gasteiger partial charge in [0.1, 0.15) is 0 Å². The van der Waals surface area contributed by atoms with Crippen LogP contribution in [0.2, 0.25) is 0 Å². The summed E-state index contributed by atoms with van der Waals surface area (Å²) in [6, 6.07) is -0.0395. The highest BCUT2D eigenvalue weighted by Crippen LogP contribution is 2.26. The van der Waals surface area contributed by atoms with E-state index in [2.05, 4.69) is 17.6 Å². The molecule has 0 aromatic carbocycles. The van der Waals surface area contributed by atoms with Crippen LogP contribution in [0.4, 0.5) is 0 Å². The van der Waals surface area contributed by atoms with Crippen molar-refractivity contribution in [3.05, 3.63) is 0 Å². The van der Waals surface area contributed by atoms with Crippen LogP contribution < -0.4 is 10.6 Å². The minimum Gasteiger partial charge on any atom is -0.391 e. The van der Waals surface area contributed by atoms with Gasteiger partial charge < -0.3 is 15.7 Å². The van der Waals surface area contributed by atoms with Crippen LogP contribution >= 0.6 is 0 Å². The lowest BCUT2D eigenvalue weighted by atomic mass is 9.88. The molecule has 4 heteroatoms. The highest BCUT2D eigenvalue weighted by molar-refractivity contribution is 5.87. The number of amides is 1. The average Bonchev–Trinajstić information content (AvgIpc) is 2.82. The van der Waals surface area contributed by atoms with Gasteiger partial charge in [0, 0.05) is 0 Å². The normalized spacial score (nSPS) is 36.6. The number of hydrogen-bond acceptors (Lipinski definition) is 3. The predicted octanol–water partition coefficient (Wildman–Crippen LogP) is 1.33. The van der Waals surface area contributed by atoms with Crippen LogP contribution in [0.5, 0.6) is 0 Å². The molecule has 104 valence electrons. The van der Waals surface area contributed by atoms with Crippen molar-refractivity contribution in [3.63, 3.8) is 0 Å². The van der Waals surface area contributed by atoms with E-state index in [0.717, 1.165) is 57.9 Å². The Morgan fingerprint density at radius 2 is 2.17 bits per heavy atom. The van der Waals surface area contributed by atoms with Crippen molar-refractivity contribution in [2.75, 3.05) is 6.54 Å². The standard InChI is InChI=1S/C14H26N2O2/c1-2-8-14(9-5-10-15-14)13(18)16-11-6-3-4-7-12(11)17/h11-12,15,17H,2-10H2,1H3,(H,16,18)/t11-,12-,14?/m1/s1. The first-order chi connectivity index (χ1) is 8.68. The third kappa shape index (κ3) is 2.86. The number of nitrogens with one attached hydrogen (secondary N) is 2. The molecule has 18 heavy (non-hydrogen) atoms. The van der Waals surface area contributed by atoms with Gasteiger partial charge in [-0.3, -0.25) is 4.79 Å². The van der Waals surface area contributed by atoms with Crippen LogP contribution in [0.25, 0.3) is 0 Å². The van der Waals surface area contributed by atoms with Crippen LogP contribution in [-0.4, -0.2) is 35.2 Å². The lowest BCUT2D eigenvalue weighted by Crippen LogP contribution is -2.58. The Bertz CT molecular complexity index is 288. The second-order valence-electron chi connectivity index (χ2n) is 5.79. The third-order valence-electron chi connectivity index (χ3n) is 4.40. The minimum absolute atomic E-state index is 0.0395. The molecule has 2 rings (SSSR count). The number of rotatable bonds is 4. The summed E-state index contributed by atoms with van der Waals surface area (Å²) >= 11 is 0. The zero-order valence-corrected chi connectivity index (χ0v) is 11.4. The largest absolute Gasteiger partial charge is 0.391 e. The van der Waals surface area contributed by atoms with Gasteiger partial charge in [-0.1, -0.05) is 26.2 Å². The van der Waals surface area contributed by atoms with Crippen molar-refractivity contribution in [2.24, 2.45) is 0 Å². The van der Waals surface area contributed by atoms with Crippen LogP contribution in [0.15, 0.2) is 0 Å². The highest BCUT2D eigenvalue weighted by Gasteiger charge is 2.41. The van der Waals surface area contributed by atoms with Gasteiger partial charge in [-0.2, -0.15) is 0 Å². The molecule has 0 bridgehead atoms. The summed E-state index contributed by atoms with van der Waals surface area (Å²) in [5.74, 6) is 0.104. The van der Waals surface area contributed by atoms with E-state index < -0.39 is 0 Å². The van der Waals surface area contributed by atoms with Crippen molar-refractivity contribution in [1.82, 2.24) is 10.6 Å². The zero-order valence-electron chi connectivity index (χ0n) is 11.4. The maximum absolute atomic E-state index is 12.5. The molecule has 1 aliphatic carbocycles. The number of carbonyl (C=O) groups excluding carboxylic acids is 1. The summed E-state index contributed by atoms with van der Waals surface area (Å²) in [6.07, 6.45) is 7.45. The first-order valence-corrected chi connectivity index (χ1v) is 7.42. The summed E-state index contributed by atoms with van der Waals surface area (Å²) < 4.78 is 0. The lowest BCUT2D eigenvalue weighted by molar-refractivity contribution is -0.129. The van der Waals surface area contributed by atoms with Crippen molar-refractivity contribution in [3.8, 4) is 0 Å². The number of aliphatic hydroxyl groups excluding tert-OH is 1. The second-order valence-corrected chi connectivity index (χ2v) is 5.79. The van der Waals surface area contributed by atoms with E-state index >= 15 is 0 Å². The van der Waals surface area contributed by atoms with E-state index in [9.17, 15) is 9.90 Å². The summed E-state index contributed by atoms with van der Waals surface area (Å²) in [5, 5.41) is 16.4. The van der Waals surface area contributed by atoms with Gasteiger partial charge >= 0.3 is 0 Å². The van der Waals surface area contributed by atoms with E-state index in [1.165, 1.54) is 0 Å². The van der Waals surface area contributed by atoms with Gasteiger partial charge in [0.25, 0.3) is 0 Å². The molecule has 0 radical (unpaired) electrons. The Labute approximate surface area is 110 Å². The van der Waals surface area contributed by atoms with Crippen LogP contribution in [0, 0.1) is 0 Å². The van der Waals surface area contributed by atoms with E-state index in [4.69, 9.17) is 0 Å². The number of hydrogen-bond donors (Lipinski definition) is 3. The monoisotopic (exact) mass is 254 g/mol. The fourth-order valence-corrected chi connectivity index (χ4v) is 3.34. The fraction of sp³-hybridized carbons (Fsp3) is 0.929. The molecule has 1 amide bonds. The van der Waals surface area contributed by atoms with Gasteiger partial charge in [-0.15, -0.1) is 0 Å². The molecular weight excluding hydrogens is 228 g/mol. The Morgan fingerprint density at radius 3 is 2.78 bits per heavy atom. The van der Waals surface area contributed by atoms with Gasteiger partial charge in [0.2, 0.25) is 5.91 Å². The predicted molar refractivity (Wildman–Crippen MR) is 71.3 cm³/mol. The van der Waals surface area contributed by atoms with Crippen LogP contribution in [-0.2, 0) is 4.79 Å². The smallest absolute Gasteiger partial charge is 0.240 e. The quantitative estimate of drug-likeness (QED) is 0.709. The van der Waals surface area contributed by atoms with E-state index in [0.29, 0.717) is 0 Å². The van der Waals surface area contributed by atoms with Gasteiger partial charge in [0.15, 0.2) is 0 Å². The topological polar surface area (TPSA) is 61.4 Å². The second kappa shape index (κ2) is 6.02. The first-order valence-electron chi connectivity index (χ1n) is 7.42. The van der Waals surface area contributed by atoms with E-state index in [1.54, 1.807) is 0 Å². The van der Waals surface area contributed by atoms with Crippen molar-refractivity contribution < 1.29 is 9.90 Å². The fourth-order valence-electron chi connectivity index (χ4n) is 3.34. The molecule has 0 aromatic rings. The average molecular weight is 254 g/mol. The van der Waals surface area contributed by atoms with Crippen molar-refractivity contribution in [1.29, 1.82) is 0 Å². The SMILES string of the molecule is CCCC1(C(=O)N[C@@H]2CCCC[C@H]2O)CCCN1. The number of aliphatic hydroxyl groups is 1. The van der Waals surface area contributed by atoms with Crippen molar-refractivity contribution >= 4 is 5.91 Å². The molecule has 3 N–H and O–H groups in total. The van der Waals surface area contributed by atoms with Gasteiger partial charge in [-0.25, -0.2) is 0 Å². The Kier molecular flexibility index (Phi) is 4.62. The molecule has 1 saturated heterocycles. The van der Waals surface area contributed by atoms with Crippen molar-refractivity contribution in [2.45, 2.75) is 76.0 Å². The van der Waals surface area contributed by atoms with E-state index in [1.807, 2.05) is 0 Å².